The molecule has 7 heteroatoms. The van der Waals surface area contributed by atoms with Crippen LogP contribution in [-0.4, -0.2) is 75.7 Å². The summed E-state index contributed by atoms with van der Waals surface area (Å²) in [6, 6.07) is 7.12. The van der Waals surface area contributed by atoms with Gasteiger partial charge in [-0.3, -0.25) is 9.89 Å². The highest BCUT2D eigenvalue weighted by Crippen LogP contribution is 2.05. The summed E-state index contributed by atoms with van der Waals surface area (Å²) in [5, 5.41) is 6.71. The van der Waals surface area contributed by atoms with Crippen molar-refractivity contribution in [3.05, 3.63) is 35.6 Å². The SMILES string of the molecule is CN=C(NCCc1ccc(F)cc1)NCC1CN(C)CCN1C.I. The summed E-state index contributed by atoms with van der Waals surface area (Å²) in [7, 11) is 6.11. The monoisotopic (exact) mass is 449 g/mol. The van der Waals surface area contributed by atoms with Gasteiger partial charge in [0.05, 0.1) is 0 Å². The predicted octanol–water partition coefficient (Wildman–Crippen LogP) is 1.40. The number of benzene rings is 1. The number of aliphatic imine (C=N–C) groups is 1. The van der Waals surface area contributed by atoms with Crippen molar-refractivity contribution in [1.29, 1.82) is 0 Å². The number of hydrogen-bond donors (Lipinski definition) is 2. The third kappa shape index (κ3) is 6.90. The lowest BCUT2D eigenvalue weighted by Gasteiger charge is -2.37. The number of hydrogen-bond acceptors (Lipinski definition) is 3. The summed E-state index contributed by atoms with van der Waals surface area (Å²) < 4.78 is 12.9. The second-order valence-electron chi connectivity index (χ2n) is 6.15. The summed E-state index contributed by atoms with van der Waals surface area (Å²) >= 11 is 0. The normalized spacial score (nSPS) is 19.7. The quantitative estimate of drug-likeness (QED) is 0.405. The Hall–Kier alpha value is -0.930. The molecule has 24 heavy (non-hydrogen) atoms. The Labute approximate surface area is 161 Å². The zero-order valence-corrected chi connectivity index (χ0v) is 17.1. The van der Waals surface area contributed by atoms with Gasteiger partial charge in [0, 0.05) is 45.8 Å². The van der Waals surface area contributed by atoms with Gasteiger partial charge in [-0.25, -0.2) is 4.39 Å². The third-order valence-corrected chi connectivity index (χ3v) is 4.33. The van der Waals surface area contributed by atoms with E-state index in [2.05, 4.69) is 39.5 Å². The van der Waals surface area contributed by atoms with Crippen molar-refractivity contribution in [3.8, 4) is 0 Å². The van der Waals surface area contributed by atoms with Gasteiger partial charge in [0.15, 0.2) is 5.96 Å². The molecule has 0 spiro atoms. The van der Waals surface area contributed by atoms with E-state index in [-0.39, 0.29) is 29.8 Å². The van der Waals surface area contributed by atoms with Crippen LogP contribution in [0.4, 0.5) is 4.39 Å². The zero-order chi connectivity index (χ0) is 16.7. The van der Waals surface area contributed by atoms with Crippen molar-refractivity contribution in [2.24, 2.45) is 4.99 Å². The molecule has 0 radical (unpaired) electrons. The van der Waals surface area contributed by atoms with Crippen LogP contribution in [0.2, 0.25) is 0 Å². The molecule has 1 aromatic carbocycles. The van der Waals surface area contributed by atoms with Crippen molar-refractivity contribution in [3.63, 3.8) is 0 Å². The molecule has 0 amide bonds. The van der Waals surface area contributed by atoms with E-state index < -0.39 is 0 Å². The lowest BCUT2D eigenvalue weighted by molar-refractivity contribution is 0.116. The lowest BCUT2D eigenvalue weighted by atomic mass is 10.1. The van der Waals surface area contributed by atoms with E-state index in [1.807, 2.05) is 12.1 Å². The molecule has 0 bridgehead atoms. The van der Waals surface area contributed by atoms with Crippen molar-refractivity contribution in [2.75, 3.05) is 53.9 Å². The first-order valence-electron chi connectivity index (χ1n) is 8.16. The third-order valence-electron chi connectivity index (χ3n) is 4.33. The molecule has 2 rings (SSSR count). The fourth-order valence-electron chi connectivity index (χ4n) is 2.73. The molecule has 1 fully saturated rings. The number of rotatable bonds is 5. The van der Waals surface area contributed by atoms with Crippen molar-refractivity contribution in [1.82, 2.24) is 20.4 Å². The van der Waals surface area contributed by atoms with Crippen LogP contribution in [-0.2, 0) is 6.42 Å². The highest BCUT2D eigenvalue weighted by Gasteiger charge is 2.21. The molecule has 136 valence electrons. The molecular formula is C17H29FIN5. The summed E-state index contributed by atoms with van der Waals surface area (Å²) in [6.45, 7) is 4.93. The molecule has 5 nitrogen and oxygen atoms in total. The van der Waals surface area contributed by atoms with Crippen molar-refractivity contribution < 1.29 is 4.39 Å². The van der Waals surface area contributed by atoms with Crippen LogP contribution in [0, 0.1) is 5.82 Å². The van der Waals surface area contributed by atoms with Crippen LogP contribution >= 0.6 is 24.0 Å². The largest absolute Gasteiger partial charge is 0.356 e. The molecule has 0 saturated carbocycles. The van der Waals surface area contributed by atoms with E-state index in [0.717, 1.165) is 50.7 Å². The second kappa shape index (κ2) is 10.8. The van der Waals surface area contributed by atoms with Gasteiger partial charge < -0.3 is 15.5 Å². The van der Waals surface area contributed by atoms with Gasteiger partial charge in [-0.2, -0.15) is 0 Å². The topological polar surface area (TPSA) is 42.9 Å². The molecule has 0 aromatic heterocycles. The van der Waals surface area contributed by atoms with Gasteiger partial charge in [-0.05, 0) is 38.2 Å². The number of piperazine rings is 1. The molecule has 1 unspecified atom stereocenters. The van der Waals surface area contributed by atoms with Crippen molar-refractivity contribution >= 4 is 29.9 Å². The summed E-state index contributed by atoms with van der Waals surface area (Å²) in [6.07, 6.45) is 0.840. The van der Waals surface area contributed by atoms with Gasteiger partial charge in [-0.1, -0.05) is 12.1 Å². The minimum atomic E-state index is -0.194. The van der Waals surface area contributed by atoms with Crippen LogP contribution in [0.25, 0.3) is 0 Å². The highest BCUT2D eigenvalue weighted by molar-refractivity contribution is 14.0. The number of nitrogens with zero attached hydrogens (tertiary/aromatic N) is 3. The minimum absolute atomic E-state index is 0. The Balaban J connectivity index is 0.00000288. The Morgan fingerprint density at radius 1 is 1.21 bits per heavy atom. The first-order valence-corrected chi connectivity index (χ1v) is 8.16. The van der Waals surface area contributed by atoms with Crippen LogP contribution in [0.5, 0.6) is 0 Å². The van der Waals surface area contributed by atoms with E-state index in [0.29, 0.717) is 6.04 Å². The maximum Gasteiger partial charge on any atom is 0.191 e. The number of halogens is 2. The second-order valence-corrected chi connectivity index (χ2v) is 6.15. The summed E-state index contributed by atoms with van der Waals surface area (Å²) in [5.41, 5.74) is 1.11. The van der Waals surface area contributed by atoms with E-state index >= 15 is 0 Å². The van der Waals surface area contributed by atoms with E-state index in [4.69, 9.17) is 0 Å². The Bertz CT molecular complexity index is 508. The highest BCUT2D eigenvalue weighted by atomic mass is 127. The molecule has 1 saturated heterocycles. The fourth-order valence-corrected chi connectivity index (χ4v) is 2.73. The summed E-state index contributed by atoms with van der Waals surface area (Å²) in [4.78, 5) is 9.01. The number of nitrogens with one attached hydrogen (secondary N) is 2. The van der Waals surface area contributed by atoms with E-state index in [1.165, 1.54) is 12.1 Å². The van der Waals surface area contributed by atoms with Crippen molar-refractivity contribution in [2.45, 2.75) is 12.5 Å². The lowest BCUT2D eigenvalue weighted by Crippen LogP contribution is -2.55. The molecule has 2 N–H and O–H groups in total. The molecule has 1 aromatic rings. The maximum atomic E-state index is 12.9. The minimum Gasteiger partial charge on any atom is -0.356 e. The molecule has 1 aliphatic heterocycles. The van der Waals surface area contributed by atoms with Crippen LogP contribution in [0.1, 0.15) is 5.56 Å². The van der Waals surface area contributed by atoms with Gasteiger partial charge in [-0.15, -0.1) is 24.0 Å². The van der Waals surface area contributed by atoms with Crippen LogP contribution < -0.4 is 10.6 Å². The van der Waals surface area contributed by atoms with Gasteiger partial charge in [0.1, 0.15) is 5.82 Å². The number of guanidine groups is 1. The predicted molar refractivity (Wildman–Crippen MR) is 109 cm³/mol. The van der Waals surface area contributed by atoms with Gasteiger partial charge in [0.25, 0.3) is 0 Å². The van der Waals surface area contributed by atoms with Crippen LogP contribution in [0.3, 0.4) is 0 Å². The summed E-state index contributed by atoms with van der Waals surface area (Å²) in [5.74, 6) is 0.620. The Morgan fingerprint density at radius 2 is 1.92 bits per heavy atom. The zero-order valence-electron chi connectivity index (χ0n) is 14.8. The smallest absolute Gasteiger partial charge is 0.191 e. The molecule has 1 aliphatic rings. The Morgan fingerprint density at radius 3 is 2.58 bits per heavy atom. The molecular weight excluding hydrogens is 420 g/mol. The van der Waals surface area contributed by atoms with E-state index in [9.17, 15) is 4.39 Å². The molecule has 1 atom stereocenters. The standard InChI is InChI=1S/C17H28FN5.HI/c1-19-17(20-9-8-14-4-6-15(18)7-5-14)21-12-16-13-22(2)10-11-23(16)3;/h4-7,16H,8-13H2,1-3H3,(H2,19,20,21);1H. The Kier molecular flexibility index (Phi) is 9.53. The fraction of sp³-hybridized carbons (Fsp3) is 0.588. The average Bonchev–Trinajstić information content (AvgIpc) is 2.55. The van der Waals surface area contributed by atoms with E-state index in [1.54, 1.807) is 7.05 Å². The average molecular weight is 449 g/mol. The van der Waals surface area contributed by atoms with Gasteiger partial charge >= 0.3 is 0 Å². The number of likely N-dealkylation sites (N-methyl/N-ethyl adjacent to an activating group) is 2. The first kappa shape index (κ1) is 21.1. The first-order chi connectivity index (χ1) is 11.1. The molecule has 1 heterocycles. The molecule has 0 aliphatic carbocycles. The maximum absolute atomic E-state index is 12.9. The van der Waals surface area contributed by atoms with Gasteiger partial charge in [0.2, 0.25) is 0 Å². The van der Waals surface area contributed by atoms with Crippen LogP contribution in [0.15, 0.2) is 29.3 Å².